The second kappa shape index (κ2) is 9.66. The number of carboxylic acids is 1. The van der Waals surface area contributed by atoms with Crippen LogP contribution in [0.25, 0.3) is 0 Å². The number of allylic oxidation sites excluding steroid dienone is 2. The molecule has 0 bridgehead atoms. The van der Waals surface area contributed by atoms with Gasteiger partial charge in [0, 0.05) is 24.8 Å². The van der Waals surface area contributed by atoms with Crippen LogP contribution in [0.4, 0.5) is 0 Å². The third-order valence-electron chi connectivity index (χ3n) is 11.4. The second-order valence-corrected chi connectivity index (χ2v) is 13.4. The first kappa shape index (κ1) is 28.1. The summed E-state index contributed by atoms with van der Waals surface area (Å²) in [6, 6.07) is 0. The Hall–Kier alpha value is -1.95. The Bertz CT molecular complexity index is 1040. The number of hydrogen-bond acceptors (Lipinski definition) is 5. The number of rotatable bonds is 5. The number of aliphatic carboxylic acids is 1. The number of ketones is 1. The fraction of sp³-hybridized carbons (Fsp3) is 0.774. The largest absolute Gasteiger partial charge is 0.478 e. The third kappa shape index (κ3) is 4.31. The maximum Gasteiger partial charge on any atom is 0.331 e. The van der Waals surface area contributed by atoms with Crippen molar-refractivity contribution in [3.8, 4) is 0 Å². The Kier molecular flexibility index (Phi) is 7.33. The number of ether oxygens (including phenoxy) is 1. The van der Waals surface area contributed by atoms with Gasteiger partial charge in [0.15, 0.2) is 0 Å². The average molecular weight is 515 g/mol. The molecule has 0 aromatic carbocycles. The van der Waals surface area contributed by atoms with Gasteiger partial charge in [-0.05, 0) is 98.4 Å². The number of fused-ring (bicyclic) bond motifs is 5. The van der Waals surface area contributed by atoms with E-state index in [-0.39, 0.29) is 39.9 Å². The molecular weight excluding hydrogens is 468 g/mol. The van der Waals surface area contributed by atoms with Crippen molar-refractivity contribution in [3.63, 3.8) is 0 Å². The molecule has 37 heavy (non-hydrogen) atoms. The topological polar surface area (TPSA) is 101 Å². The first-order valence-electron chi connectivity index (χ1n) is 14.1. The highest BCUT2D eigenvalue weighted by Crippen LogP contribution is 2.74. The Morgan fingerprint density at radius 3 is 2.38 bits per heavy atom. The lowest BCUT2D eigenvalue weighted by atomic mass is 9.36. The lowest BCUT2D eigenvalue weighted by Crippen LogP contribution is -2.65. The van der Waals surface area contributed by atoms with Gasteiger partial charge in [-0.25, -0.2) is 4.79 Å². The minimum absolute atomic E-state index is 0.00236. The van der Waals surface area contributed by atoms with Crippen LogP contribution >= 0.6 is 0 Å². The van der Waals surface area contributed by atoms with Crippen molar-refractivity contribution in [3.05, 3.63) is 22.8 Å². The molecule has 9 unspecified atom stereocenters. The van der Waals surface area contributed by atoms with Crippen molar-refractivity contribution in [2.75, 3.05) is 0 Å². The zero-order chi connectivity index (χ0) is 27.5. The van der Waals surface area contributed by atoms with Gasteiger partial charge in [-0.3, -0.25) is 9.59 Å². The van der Waals surface area contributed by atoms with Crippen molar-refractivity contribution in [1.29, 1.82) is 0 Å². The molecule has 0 saturated heterocycles. The van der Waals surface area contributed by atoms with Crippen molar-refractivity contribution in [2.45, 2.75) is 112 Å². The highest BCUT2D eigenvalue weighted by Gasteiger charge is 2.70. The molecule has 206 valence electrons. The van der Waals surface area contributed by atoms with E-state index in [4.69, 9.17) is 4.74 Å². The maximum absolute atomic E-state index is 12.6. The van der Waals surface area contributed by atoms with E-state index in [2.05, 4.69) is 27.7 Å². The molecule has 0 heterocycles. The van der Waals surface area contributed by atoms with Gasteiger partial charge in [0.2, 0.25) is 0 Å². The Labute approximate surface area is 221 Å². The summed E-state index contributed by atoms with van der Waals surface area (Å²) in [5.41, 5.74) is 1.42. The van der Waals surface area contributed by atoms with Crippen LogP contribution in [-0.4, -0.2) is 40.1 Å². The molecule has 6 nitrogen and oxygen atoms in total. The molecular formula is C31H46O6. The average Bonchev–Trinajstić information content (AvgIpc) is 3.05. The maximum atomic E-state index is 12.6. The fourth-order valence-corrected chi connectivity index (χ4v) is 9.60. The molecule has 0 spiro atoms. The van der Waals surface area contributed by atoms with Crippen molar-refractivity contribution < 1.29 is 29.3 Å². The van der Waals surface area contributed by atoms with E-state index in [0.29, 0.717) is 49.0 Å². The van der Waals surface area contributed by atoms with E-state index >= 15 is 0 Å². The van der Waals surface area contributed by atoms with Crippen molar-refractivity contribution in [2.24, 2.45) is 39.9 Å². The van der Waals surface area contributed by atoms with Gasteiger partial charge in [0.1, 0.15) is 11.9 Å². The van der Waals surface area contributed by atoms with Gasteiger partial charge in [0.25, 0.3) is 0 Å². The normalized spacial score (nSPS) is 44.3. The molecule has 0 amide bonds. The molecule has 4 saturated carbocycles. The number of carbonyl (C=O) groups is 3. The van der Waals surface area contributed by atoms with Gasteiger partial charge >= 0.3 is 11.9 Å². The molecule has 9 atom stereocenters. The predicted octanol–water partition coefficient (Wildman–Crippen LogP) is 5.87. The summed E-state index contributed by atoms with van der Waals surface area (Å²) in [4.78, 5) is 37.4. The Morgan fingerprint density at radius 2 is 1.78 bits per heavy atom. The van der Waals surface area contributed by atoms with Gasteiger partial charge in [0.05, 0.1) is 6.10 Å². The lowest BCUT2D eigenvalue weighted by molar-refractivity contribution is -0.223. The van der Waals surface area contributed by atoms with Crippen LogP contribution in [0.2, 0.25) is 0 Å². The van der Waals surface area contributed by atoms with E-state index in [1.54, 1.807) is 0 Å². The summed E-state index contributed by atoms with van der Waals surface area (Å²) in [6.45, 7) is 14.3. The molecule has 4 aliphatic rings. The van der Waals surface area contributed by atoms with Crippen molar-refractivity contribution in [1.82, 2.24) is 0 Å². The zero-order valence-corrected chi connectivity index (χ0v) is 23.7. The van der Waals surface area contributed by atoms with Gasteiger partial charge in [-0.2, -0.15) is 0 Å². The number of esters is 1. The van der Waals surface area contributed by atoms with E-state index in [1.165, 1.54) is 6.92 Å². The predicted molar refractivity (Wildman–Crippen MR) is 142 cm³/mol. The monoisotopic (exact) mass is 514 g/mol. The summed E-state index contributed by atoms with van der Waals surface area (Å²) < 4.78 is 5.86. The Morgan fingerprint density at radius 1 is 1.11 bits per heavy atom. The summed E-state index contributed by atoms with van der Waals surface area (Å²) in [5.74, 6) is -0.945. The number of aliphatic hydroxyl groups excluding tert-OH is 1. The number of hydrogen-bond donors (Lipinski definition) is 2. The van der Waals surface area contributed by atoms with Gasteiger partial charge in [-0.1, -0.05) is 39.3 Å². The molecule has 0 aliphatic heterocycles. The molecule has 0 aromatic rings. The molecule has 0 radical (unpaired) electrons. The molecule has 2 N–H and O–H groups in total. The number of Topliss-reactive ketones (excluding diaryl/α,β-unsaturated/α-hetero) is 1. The minimum Gasteiger partial charge on any atom is -0.478 e. The summed E-state index contributed by atoms with van der Waals surface area (Å²) in [7, 11) is 0. The first-order chi connectivity index (χ1) is 17.2. The number of carboxylic acid groups (broad SMARTS) is 1. The highest BCUT2D eigenvalue weighted by atomic mass is 16.5. The van der Waals surface area contributed by atoms with Crippen LogP contribution in [0.1, 0.15) is 99.8 Å². The smallest absolute Gasteiger partial charge is 0.331 e. The van der Waals surface area contributed by atoms with Crippen LogP contribution in [0.3, 0.4) is 0 Å². The molecule has 6 heteroatoms. The third-order valence-corrected chi connectivity index (χ3v) is 11.4. The number of carbonyl (C=O) groups excluding carboxylic acids is 2. The zero-order valence-electron chi connectivity index (χ0n) is 23.7. The summed E-state index contributed by atoms with van der Waals surface area (Å²) in [5, 5.41) is 22.2. The molecule has 4 rings (SSSR count). The quantitative estimate of drug-likeness (QED) is 0.270. The van der Waals surface area contributed by atoms with Gasteiger partial charge in [-0.15, -0.1) is 0 Å². The van der Waals surface area contributed by atoms with Crippen LogP contribution in [0.5, 0.6) is 0 Å². The van der Waals surface area contributed by atoms with Gasteiger partial charge < -0.3 is 14.9 Å². The van der Waals surface area contributed by atoms with E-state index < -0.39 is 24.1 Å². The van der Waals surface area contributed by atoms with E-state index in [0.717, 1.165) is 24.8 Å². The Balaban J connectivity index is 1.83. The molecule has 0 aromatic heterocycles. The SMILES string of the molecule is CC(=O)OC1CC2(C)C(CC(O)C3C4(C)CCC(=O)C(C)C4CCC32C)C1=C(CCC=C(C)C)C(=O)O. The van der Waals surface area contributed by atoms with E-state index in [1.807, 2.05) is 19.9 Å². The number of aliphatic hydroxyl groups is 1. The minimum atomic E-state index is -0.962. The fourth-order valence-electron chi connectivity index (χ4n) is 9.60. The second-order valence-electron chi connectivity index (χ2n) is 13.4. The van der Waals surface area contributed by atoms with Crippen molar-refractivity contribution >= 4 is 17.7 Å². The van der Waals surface area contributed by atoms with Crippen LogP contribution in [0.15, 0.2) is 22.8 Å². The van der Waals surface area contributed by atoms with Crippen LogP contribution in [-0.2, 0) is 19.1 Å². The first-order valence-corrected chi connectivity index (χ1v) is 14.1. The summed E-state index contributed by atoms with van der Waals surface area (Å²) >= 11 is 0. The van der Waals surface area contributed by atoms with E-state index in [9.17, 15) is 24.6 Å². The van der Waals surface area contributed by atoms with Crippen LogP contribution < -0.4 is 0 Å². The summed E-state index contributed by atoms with van der Waals surface area (Å²) in [6.07, 6.45) is 6.01. The highest BCUT2D eigenvalue weighted by molar-refractivity contribution is 5.88. The standard InChI is InChI=1S/C31H46O6/c1-17(2)9-8-10-20(28(35)36)26-22-15-24(34)27-29(5)13-12-23(33)18(3)21(29)11-14-30(27,6)31(22,7)16-25(26)37-19(4)32/h9,18,21-22,24-25,27,34H,8,10-16H2,1-7H3,(H,35,36). The molecule has 4 aliphatic carbocycles. The van der Waals surface area contributed by atoms with Crippen LogP contribution in [0, 0.1) is 39.9 Å². The lowest BCUT2D eigenvalue weighted by Gasteiger charge is -2.68. The molecule has 4 fully saturated rings.